The van der Waals surface area contributed by atoms with Crippen molar-refractivity contribution in [2.24, 2.45) is 0 Å². The first-order chi connectivity index (χ1) is 19.2. The topological polar surface area (TPSA) is 113 Å². The third-order valence-electron chi connectivity index (χ3n) is 6.28. The SMILES string of the molecule is Cc1cc(C(=O)COC(=O)c2cccc(NS(=O)(=O)/C=C/c3ccccc3)c2)c(C)n1-c1ccc2c(c1)OCO2. The third-order valence-corrected chi connectivity index (χ3v) is 7.29. The molecule has 0 saturated carbocycles. The van der Waals surface area contributed by atoms with E-state index in [1.807, 2.05) is 42.7 Å². The molecular weight excluding hydrogens is 532 g/mol. The number of benzene rings is 3. The van der Waals surface area contributed by atoms with Gasteiger partial charge in [-0.2, -0.15) is 0 Å². The average molecular weight is 559 g/mol. The molecule has 0 aliphatic carbocycles. The Labute approximate surface area is 231 Å². The van der Waals surface area contributed by atoms with E-state index in [1.54, 1.807) is 30.3 Å². The van der Waals surface area contributed by atoms with Crippen molar-refractivity contribution in [2.45, 2.75) is 13.8 Å². The number of anilines is 1. The lowest BCUT2D eigenvalue weighted by Gasteiger charge is -2.11. The maximum absolute atomic E-state index is 13.0. The molecule has 1 aliphatic heterocycles. The Kier molecular flexibility index (Phi) is 7.43. The van der Waals surface area contributed by atoms with Crippen LogP contribution in [0, 0.1) is 13.8 Å². The molecule has 4 aromatic rings. The summed E-state index contributed by atoms with van der Waals surface area (Å²) in [7, 11) is -3.82. The Bertz CT molecular complexity index is 1720. The molecule has 10 heteroatoms. The summed E-state index contributed by atoms with van der Waals surface area (Å²) in [6.07, 6.45) is 1.47. The highest BCUT2D eigenvalue weighted by molar-refractivity contribution is 7.95. The van der Waals surface area contributed by atoms with Crippen molar-refractivity contribution in [1.29, 1.82) is 0 Å². The van der Waals surface area contributed by atoms with Gasteiger partial charge in [-0.25, -0.2) is 13.2 Å². The number of nitrogens with one attached hydrogen (secondary N) is 1. The van der Waals surface area contributed by atoms with Crippen LogP contribution in [0.1, 0.15) is 37.7 Å². The van der Waals surface area contributed by atoms with Gasteiger partial charge in [0.25, 0.3) is 10.0 Å². The van der Waals surface area contributed by atoms with E-state index in [-0.39, 0.29) is 23.8 Å². The van der Waals surface area contributed by atoms with Gasteiger partial charge in [0, 0.05) is 34.4 Å². The molecule has 204 valence electrons. The molecule has 0 bridgehead atoms. The minimum atomic E-state index is -3.82. The number of aromatic nitrogens is 1. The molecule has 0 atom stereocenters. The van der Waals surface area contributed by atoms with E-state index in [0.717, 1.165) is 22.4 Å². The third kappa shape index (κ3) is 5.92. The lowest BCUT2D eigenvalue weighted by Crippen LogP contribution is -2.15. The van der Waals surface area contributed by atoms with Crippen LogP contribution >= 0.6 is 0 Å². The molecule has 0 saturated heterocycles. The lowest BCUT2D eigenvalue weighted by molar-refractivity contribution is 0.0474. The first kappa shape index (κ1) is 26.8. The van der Waals surface area contributed by atoms with Crippen LogP contribution in [0.5, 0.6) is 11.5 Å². The molecule has 9 nitrogen and oxygen atoms in total. The van der Waals surface area contributed by atoms with Crippen molar-refractivity contribution >= 4 is 33.5 Å². The maximum Gasteiger partial charge on any atom is 0.338 e. The standard InChI is InChI=1S/C30H26N2O7S/c1-20-15-26(21(2)32(20)25-11-12-28-29(17-25)39-19-38-28)27(33)18-37-30(34)23-9-6-10-24(16-23)31-40(35,36)14-13-22-7-4-3-5-8-22/h3-17,31H,18-19H2,1-2H3/b14-13+. The fourth-order valence-electron chi connectivity index (χ4n) is 4.40. The van der Waals surface area contributed by atoms with Crippen LogP contribution in [0.2, 0.25) is 0 Å². The normalized spacial score (nSPS) is 12.4. The molecule has 0 spiro atoms. The van der Waals surface area contributed by atoms with Crippen LogP contribution in [0.3, 0.4) is 0 Å². The summed E-state index contributed by atoms with van der Waals surface area (Å²) in [5.74, 6) is 0.175. The average Bonchev–Trinajstić information content (AvgIpc) is 3.53. The number of hydrogen-bond acceptors (Lipinski definition) is 7. The predicted molar refractivity (Wildman–Crippen MR) is 150 cm³/mol. The van der Waals surface area contributed by atoms with Crippen LogP contribution in [-0.2, 0) is 14.8 Å². The lowest BCUT2D eigenvalue weighted by atomic mass is 10.1. The number of esters is 1. The summed E-state index contributed by atoms with van der Waals surface area (Å²) in [6, 6.07) is 22.1. The molecule has 0 radical (unpaired) electrons. The smallest absolute Gasteiger partial charge is 0.338 e. The number of fused-ring (bicyclic) bond motifs is 1. The Hall–Kier alpha value is -4.83. The molecule has 0 fully saturated rings. The van der Waals surface area contributed by atoms with Crippen LogP contribution < -0.4 is 14.2 Å². The van der Waals surface area contributed by atoms with Crippen LogP contribution in [0.25, 0.3) is 11.8 Å². The molecule has 40 heavy (non-hydrogen) atoms. The second-order valence-corrected chi connectivity index (χ2v) is 10.7. The van der Waals surface area contributed by atoms with Gasteiger partial charge in [0.2, 0.25) is 12.6 Å². The van der Waals surface area contributed by atoms with Gasteiger partial charge < -0.3 is 18.8 Å². The maximum atomic E-state index is 13.0. The van der Waals surface area contributed by atoms with Crippen molar-refractivity contribution in [3.05, 3.63) is 112 Å². The molecule has 3 aromatic carbocycles. The Morgan fingerprint density at radius 1 is 0.950 bits per heavy atom. The molecule has 0 amide bonds. The summed E-state index contributed by atoms with van der Waals surface area (Å²) in [5, 5.41) is 1.05. The summed E-state index contributed by atoms with van der Waals surface area (Å²) in [4.78, 5) is 25.7. The highest BCUT2D eigenvalue weighted by atomic mass is 32.2. The Morgan fingerprint density at radius 3 is 2.52 bits per heavy atom. The van der Waals surface area contributed by atoms with Crippen molar-refractivity contribution in [3.8, 4) is 17.2 Å². The number of ketones is 1. The minimum Gasteiger partial charge on any atom is -0.454 e. The van der Waals surface area contributed by atoms with Gasteiger partial charge in [-0.1, -0.05) is 36.4 Å². The monoisotopic (exact) mass is 558 g/mol. The number of sulfonamides is 1. The summed E-state index contributed by atoms with van der Waals surface area (Å²) >= 11 is 0. The fraction of sp³-hybridized carbons (Fsp3) is 0.133. The highest BCUT2D eigenvalue weighted by Crippen LogP contribution is 2.35. The molecule has 2 heterocycles. The largest absolute Gasteiger partial charge is 0.454 e. The quantitative estimate of drug-likeness (QED) is 0.220. The van der Waals surface area contributed by atoms with E-state index < -0.39 is 22.6 Å². The predicted octanol–water partition coefficient (Wildman–Crippen LogP) is 5.28. The fourth-order valence-corrected chi connectivity index (χ4v) is 5.26. The van der Waals surface area contributed by atoms with Gasteiger partial charge in [-0.05, 0) is 61.9 Å². The zero-order valence-corrected chi connectivity index (χ0v) is 22.6. The van der Waals surface area contributed by atoms with Gasteiger partial charge in [-0.3, -0.25) is 9.52 Å². The molecule has 1 N–H and O–H groups in total. The minimum absolute atomic E-state index is 0.103. The highest BCUT2D eigenvalue weighted by Gasteiger charge is 2.21. The molecule has 1 aromatic heterocycles. The second-order valence-electron chi connectivity index (χ2n) is 9.10. The number of hydrogen-bond donors (Lipinski definition) is 1. The van der Waals surface area contributed by atoms with E-state index in [9.17, 15) is 18.0 Å². The Balaban J connectivity index is 1.24. The first-order valence-electron chi connectivity index (χ1n) is 12.4. The summed E-state index contributed by atoms with van der Waals surface area (Å²) in [6.45, 7) is 3.38. The van der Waals surface area contributed by atoms with E-state index in [0.29, 0.717) is 22.8 Å². The van der Waals surface area contributed by atoms with E-state index in [4.69, 9.17) is 14.2 Å². The van der Waals surface area contributed by atoms with E-state index in [1.165, 1.54) is 30.3 Å². The van der Waals surface area contributed by atoms with Crippen LogP contribution in [-0.4, -0.2) is 38.1 Å². The van der Waals surface area contributed by atoms with Crippen LogP contribution in [0.4, 0.5) is 5.69 Å². The van der Waals surface area contributed by atoms with Crippen molar-refractivity contribution in [2.75, 3.05) is 18.1 Å². The van der Waals surface area contributed by atoms with Gasteiger partial charge >= 0.3 is 5.97 Å². The van der Waals surface area contributed by atoms with Crippen molar-refractivity contribution in [1.82, 2.24) is 4.57 Å². The van der Waals surface area contributed by atoms with Gasteiger partial charge in [0.1, 0.15) is 0 Å². The van der Waals surface area contributed by atoms with Gasteiger partial charge in [0.15, 0.2) is 18.1 Å². The number of Topliss-reactive ketones (excluding diaryl/α,β-unsaturated/α-hetero) is 1. The number of ether oxygens (including phenoxy) is 3. The van der Waals surface area contributed by atoms with Crippen molar-refractivity contribution in [3.63, 3.8) is 0 Å². The Morgan fingerprint density at radius 2 is 1.73 bits per heavy atom. The number of carbonyl (C=O) groups is 2. The zero-order chi connectivity index (χ0) is 28.3. The number of aryl methyl sites for hydroxylation is 1. The number of carbonyl (C=O) groups excluding carboxylic acids is 2. The molecular formula is C30H26N2O7S. The molecule has 0 unspecified atom stereocenters. The number of nitrogens with zero attached hydrogens (tertiary/aromatic N) is 1. The van der Waals surface area contributed by atoms with E-state index >= 15 is 0 Å². The summed E-state index contributed by atoms with van der Waals surface area (Å²) < 4.78 is 45.4. The first-order valence-corrected chi connectivity index (χ1v) is 13.9. The summed E-state index contributed by atoms with van der Waals surface area (Å²) in [5.41, 5.74) is 3.77. The van der Waals surface area contributed by atoms with Gasteiger partial charge in [-0.15, -0.1) is 0 Å². The zero-order valence-electron chi connectivity index (χ0n) is 21.8. The van der Waals surface area contributed by atoms with Gasteiger partial charge in [0.05, 0.1) is 11.0 Å². The second kappa shape index (κ2) is 11.1. The van der Waals surface area contributed by atoms with Crippen LogP contribution in [0.15, 0.2) is 84.3 Å². The van der Waals surface area contributed by atoms with Crippen molar-refractivity contribution < 1.29 is 32.2 Å². The number of rotatable bonds is 9. The molecule has 1 aliphatic rings. The molecule has 5 rings (SSSR count). The van der Waals surface area contributed by atoms with E-state index in [2.05, 4.69) is 4.72 Å².